The molecule has 1 atom stereocenters. The van der Waals surface area contributed by atoms with Crippen LogP contribution in [0.25, 0.3) is 0 Å². The van der Waals surface area contributed by atoms with E-state index in [9.17, 15) is 9.90 Å². The third-order valence-electron chi connectivity index (χ3n) is 1.82. The number of hydrogen-bond donors (Lipinski definition) is 1. The van der Waals surface area contributed by atoms with Gasteiger partial charge in [-0.05, 0) is 17.7 Å². The molecule has 0 unspecified atom stereocenters. The van der Waals surface area contributed by atoms with E-state index in [0.717, 1.165) is 10.0 Å². The van der Waals surface area contributed by atoms with Gasteiger partial charge in [0.1, 0.15) is 0 Å². The van der Waals surface area contributed by atoms with Gasteiger partial charge < -0.3 is 9.84 Å². The molecular formula is C10H11BrO3. The minimum absolute atomic E-state index is 0.278. The summed E-state index contributed by atoms with van der Waals surface area (Å²) in [6, 6.07) is 7.41. The molecule has 3 nitrogen and oxygen atoms in total. The van der Waals surface area contributed by atoms with Crippen molar-refractivity contribution in [2.45, 2.75) is 12.5 Å². The van der Waals surface area contributed by atoms with Crippen LogP contribution in [0.4, 0.5) is 0 Å². The van der Waals surface area contributed by atoms with Crippen LogP contribution in [0.5, 0.6) is 0 Å². The number of halogens is 1. The fourth-order valence-electron chi connectivity index (χ4n) is 1.06. The first-order valence-electron chi connectivity index (χ1n) is 4.14. The molecule has 0 heterocycles. The largest absolute Gasteiger partial charge is 0.467 e. The maximum absolute atomic E-state index is 10.9. The third kappa shape index (κ3) is 3.12. The number of aliphatic hydroxyl groups excluding tert-OH is 1. The highest BCUT2D eigenvalue weighted by molar-refractivity contribution is 9.10. The molecule has 1 aromatic carbocycles. The van der Waals surface area contributed by atoms with Crippen LogP contribution >= 0.6 is 15.9 Å². The van der Waals surface area contributed by atoms with Crippen LogP contribution in [0.1, 0.15) is 5.56 Å². The second kappa shape index (κ2) is 5.12. The molecule has 14 heavy (non-hydrogen) atoms. The van der Waals surface area contributed by atoms with Crippen molar-refractivity contribution < 1.29 is 14.6 Å². The molecule has 0 aliphatic heterocycles. The number of hydrogen-bond acceptors (Lipinski definition) is 3. The summed E-state index contributed by atoms with van der Waals surface area (Å²) in [5.41, 5.74) is 0.895. The van der Waals surface area contributed by atoms with Gasteiger partial charge in [-0.15, -0.1) is 0 Å². The van der Waals surface area contributed by atoms with E-state index < -0.39 is 12.1 Å². The van der Waals surface area contributed by atoms with Gasteiger partial charge in [0.25, 0.3) is 0 Å². The maximum atomic E-state index is 10.9. The summed E-state index contributed by atoms with van der Waals surface area (Å²) in [7, 11) is 1.26. The van der Waals surface area contributed by atoms with Gasteiger partial charge in [0, 0.05) is 10.9 Å². The lowest BCUT2D eigenvalue weighted by molar-refractivity contribution is -0.150. The van der Waals surface area contributed by atoms with E-state index >= 15 is 0 Å². The van der Waals surface area contributed by atoms with Crippen molar-refractivity contribution in [2.75, 3.05) is 7.11 Å². The molecular weight excluding hydrogens is 248 g/mol. The Hall–Kier alpha value is -0.870. The van der Waals surface area contributed by atoms with Crippen molar-refractivity contribution in [3.05, 3.63) is 34.3 Å². The van der Waals surface area contributed by atoms with Crippen molar-refractivity contribution in [3.8, 4) is 0 Å². The summed E-state index contributed by atoms with van der Waals surface area (Å²) >= 11 is 3.30. The second-order valence-electron chi connectivity index (χ2n) is 2.87. The van der Waals surface area contributed by atoms with Crippen molar-refractivity contribution in [3.63, 3.8) is 0 Å². The number of benzene rings is 1. The Morgan fingerprint density at radius 1 is 1.50 bits per heavy atom. The zero-order valence-corrected chi connectivity index (χ0v) is 9.32. The monoisotopic (exact) mass is 258 g/mol. The quantitative estimate of drug-likeness (QED) is 0.837. The molecule has 0 aromatic heterocycles. The lowest BCUT2D eigenvalue weighted by Crippen LogP contribution is -2.23. The first kappa shape index (κ1) is 11.2. The molecule has 0 spiro atoms. The average Bonchev–Trinajstić information content (AvgIpc) is 2.20. The van der Waals surface area contributed by atoms with Gasteiger partial charge >= 0.3 is 5.97 Å². The molecule has 0 fully saturated rings. The highest BCUT2D eigenvalue weighted by atomic mass is 79.9. The Kier molecular flexibility index (Phi) is 4.10. The average molecular weight is 259 g/mol. The van der Waals surface area contributed by atoms with E-state index in [1.807, 2.05) is 24.3 Å². The summed E-state index contributed by atoms with van der Waals surface area (Å²) in [6.45, 7) is 0. The fourth-order valence-corrected chi connectivity index (χ4v) is 1.33. The number of methoxy groups -OCH3 is 1. The van der Waals surface area contributed by atoms with Gasteiger partial charge in [-0.25, -0.2) is 4.79 Å². The number of ether oxygens (including phenoxy) is 1. The van der Waals surface area contributed by atoms with Gasteiger partial charge in [-0.3, -0.25) is 0 Å². The van der Waals surface area contributed by atoms with Crippen LogP contribution in [0.2, 0.25) is 0 Å². The van der Waals surface area contributed by atoms with Crippen LogP contribution in [0.15, 0.2) is 28.7 Å². The van der Waals surface area contributed by atoms with Gasteiger partial charge in [0.15, 0.2) is 6.10 Å². The Labute approximate surface area is 90.8 Å². The molecule has 0 saturated carbocycles. The summed E-state index contributed by atoms with van der Waals surface area (Å²) in [4.78, 5) is 10.9. The first-order chi connectivity index (χ1) is 6.63. The summed E-state index contributed by atoms with van der Waals surface area (Å²) in [5, 5.41) is 9.35. The van der Waals surface area contributed by atoms with Crippen molar-refractivity contribution >= 4 is 21.9 Å². The molecule has 0 saturated heterocycles. The second-order valence-corrected chi connectivity index (χ2v) is 3.79. The van der Waals surface area contributed by atoms with Crippen LogP contribution in [-0.4, -0.2) is 24.3 Å². The highest BCUT2D eigenvalue weighted by Crippen LogP contribution is 2.12. The molecule has 1 rings (SSSR count). The van der Waals surface area contributed by atoms with Crippen LogP contribution in [0.3, 0.4) is 0 Å². The summed E-state index contributed by atoms with van der Waals surface area (Å²) in [5.74, 6) is -0.604. The predicted octanol–water partition coefficient (Wildman–Crippen LogP) is 1.53. The predicted molar refractivity (Wildman–Crippen MR) is 55.9 cm³/mol. The van der Waals surface area contributed by atoms with Gasteiger partial charge in [0.2, 0.25) is 0 Å². The molecule has 76 valence electrons. The van der Waals surface area contributed by atoms with E-state index in [0.29, 0.717) is 0 Å². The highest BCUT2D eigenvalue weighted by Gasteiger charge is 2.15. The molecule has 0 radical (unpaired) electrons. The smallest absolute Gasteiger partial charge is 0.335 e. The van der Waals surface area contributed by atoms with Crippen molar-refractivity contribution in [1.29, 1.82) is 0 Å². The normalized spacial score (nSPS) is 12.2. The van der Waals surface area contributed by atoms with E-state index in [1.165, 1.54) is 7.11 Å². The number of aliphatic hydroxyl groups is 1. The number of carbonyl (C=O) groups excluding carboxylic acids is 1. The van der Waals surface area contributed by atoms with Gasteiger partial charge in [0.05, 0.1) is 7.11 Å². The maximum Gasteiger partial charge on any atom is 0.335 e. The summed E-state index contributed by atoms with van der Waals surface area (Å²) < 4.78 is 5.38. The third-order valence-corrected chi connectivity index (χ3v) is 2.34. The zero-order chi connectivity index (χ0) is 10.6. The number of carbonyl (C=O) groups is 1. The summed E-state index contributed by atoms with van der Waals surface area (Å²) in [6.07, 6.45) is -0.805. The van der Waals surface area contributed by atoms with E-state index in [-0.39, 0.29) is 6.42 Å². The number of rotatable bonds is 3. The SMILES string of the molecule is COC(=O)[C@H](O)Cc1ccc(Br)cc1. The van der Waals surface area contributed by atoms with E-state index in [1.54, 1.807) is 0 Å². The van der Waals surface area contributed by atoms with Crippen molar-refractivity contribution in [1.82, 2.24) is 0 Å². The molecule has 4 heteroatoms. The first-order valence-corrected chi connectivity index (χ1v) is 4.93. The minimum atomic E-state index is -1.08. The Morgan fingerprint density at radius 2 is 2.07 bits per heavy atom. The fraction of sp³-hybridized carbons (Fsp3) is 0.300. The Balaban J connectivity index is 2.60. The molecule has 0 bridgehead atoms. The lowest BCUT2D eigenvalue weighted by Gasteiger charge is -2.07. The minimum Gasteiger partial charge on any atom is -0.467 e. The standard InChI is InChI=1S/C10H11BrO3/c1-14-10(13)9(12)6-7-2-4-8(11)5-3-7/h2-5,9,12H,6H2,1H3/t9-/m1/s1. The molecule has 1 N–H and O–H groups in total. The van der Waals surface area contributed by atoms with Crippen LogP contribution < -0.4 is 0 Å². The Morgan fingerprint density at radius 3 is 2.57 bits per heavy atom. The van der Waals surface area contributed by atoms with Crippen LogP contribution in [0, 0.1) is 0 Å². The van der Waals surface area contributed by atoms with Gasteiger partial charge in [-0.2, -0.15) is 0 Å². The lowest BCUT2D eigenvalue weighted by atomic mass is 10.1. The topological polar surface area (TPSA) is 46.5 Å². The van der Waals surface area contributed by atoms with Gasteiger partial charge in [-0.1, -0.05) is 28.1 Å². The molecule has 0 aliphatic carbocycles. The van der Waals surface area contributed by atoms with Crippen molar-refractivity contribution in [2.24, 2.45) is 0 Å². The number of esters is 1. The zero-order valence-electron chi connectivity index (χ0n) is 7.74. The molecule has 1 aromatic rings. The van der Waals surface area contributed by atoms with E-state index in [4.69, 9.17) is 0 Å². The van der Waals surface area contributed by atoms with E-state index in [2.05, 4.69) is 20.7 Å². The molecule has 0 amide bonds. The van der Waals surface area contributed by atoms with Crippen LogP contribution in [-0.2, 0) is 16.0 Å². The molecule has 0 aliphatic rings. The Bertz CT molecular complexity index is 308.